The molecule has 4 heteroatoms. The Morgan fingerprint density at radius 2 is 1.85 bits per heavy atom. The van der Waals surface area contributed by atoms with Gasteiger partial charge < -0.3 is 9.47 Å². The fourth-order valence-electron chi connectivity index (χ4n) is 6.74. The second kappa shape index (κ2) is 5.97. The molecule has 0 N–H and O–H groups in total. The molecule has 1 aliphatic heterocycles. The molecule has 0 aromatic carbocycles. The van der Waals surface area contributed by atoms with Crippen molar-refractivity contribution >= 4 is 11.9 Å². The van der Waals surface area contributed by atoms with E-state index in [-0.39, 0.29) is 22.8 Å². The first-order valence-electron chi connectivity index (χ1n) is 10.1. The summed E-state index contributed by atoms with van der Waals surface area (Å²) >= 11 is 0. The monoisotopic (exact) mass is 358 g/mol. The molecule has 4 aliphatic rings. The zero-order chi connectivity index (χ0) is 18.7. The van der Waals surface area contributed by atoms with E-state index in [1.807, 2.05) is 6.92 Å². The topological polar surface area (TPSA) is 52.6 Å². The quantitative estimate of drug-likeness (QED) is 0.494. The first kappa shape index (κ1) is 17.8. The predicted molar refractivity (Wildman–Crippen MR) is 97.6 cm³/mol. The van der Waals surface area contributed by atoms with Crippen LogP contribution < -0.4 is 0 Å². The van der Waals surface area contributed by atoms with E-state index < -0.39 is 0 Å². The van der Waals surface area contributed by atoms with Gasteiger partial charge in [0.2, 0.25) is 0 Å². The minimum absolute atomic E-state index is 0.00948. The molecule has 2 saturated carbocycles. The maximum Gasteiger partial charge on any atom is 0.310 e. The van der Waals surface area contributed by atoms with Crippen LogP contribution in [-0.4, -0.2) is 11.9 Å². The fourth-order valence-corrected chi connectivity index (χ4v) is 6.74. The molecule has 1 heterocycles. The summed E-state index contributed by atoms with van der Waals surface area (Å²) in [5.41, 5.74) is 1.50. The van der Waals surface area contributed by atoms with E-state index >= 15 is 0 Å². The lowest BCUT2D eigenvalue weighted by Gasteiger charge is -2.55. The molecule has 0 aromatic heterocycles. The standard InChI is InChI=1S/C22H30O4/c1-13(25-14(2)23)16-6-7-17-15-5-8-19-22(4,12-10-20(24)26-19)18(15)9-11-21(16,17)3/h8,15,17-18H,5-7,9-12H2,1-4H3/b16-13+/t15-,17-,18-,21+,22+/m0/s1. The van der Waals surface area contributed by atoms with Crippen molar-refractivity contribution in [2.24, 2.45) is 28.6 Å². The van der Waals surface area contributed by atoms with Crippen molar-refractivity contribution in [3.05, 3.63) is 23.2 Å². The van der Waals surface area contributed by atoms with Gasteiger partial charge >= 0.3 is 11.9 Å². The van der Waals surface area contributed by atoms with Crippen LogP contribution in [0.1, 0.15) is 72.6 Å². The maximum atomic E-state index is 11.7. The van der Waals surface area contributed by atoms with Gasteiger partial charge in [-0.1, -0.05) is 13.8 Å². The van der Waals surface area contributed by atoms with E-state index in [1.165, 1.54) is 18.9 Å². The molecule has 0 spiro atoms. The van der Waals surface area contributed by atoms with E-state index in [1.54, 1.807) is 0 Å². The summed E-state index contributed by atoms with van der Waals surface area (Å²) in [6, 6.07) is 0. The van der Waals surface area contributed by atoms with Crippen molar-refractivity contribution in [1.82, 2.24) is 0 Å². The van der Waals surface area contributed by atoms with Gasteiger partial charge in [0.15, 0.2) is 0 Å². The molecule has 0 bridgehead atoms. The van der Waals surface area contributed by atoms with Gasteiger partial charge in [0.25, 0.3) is 0 Å². The molecule has 4 nitrogen and oxygen atoms in total. The molecule has 0 unspecified atom stereocenters. The summed E-state index contributed by atoms with van der Waals surface area (Å²) in [5, 5.41) is 0. The lowest BCUT2D eigenvalue weighted by molar-refractivity contribution is -0.151. The van der Waals surface area contributed by atoms with Crippen LogP contribution in [0.15, 0.2) is 23.2 Å². The number of esters is 2. The number of carbonyl (C=O) groups excluding carboxylic acids is 2. The number of ether oxygens (including phenoxy) is 2. The minimum atomic E-state index is -0.225. The zero-order valence-corrected chi connectivity index (χ0v) is 16.4. The zero-order valence-electron chi connectivity index (χ0n) is 16.4. The van der Waals surface area contributed by atoms with Crippen molar-refractivity contribution in [3.8, 4) is 0 Å². The third-order valence-corrected chi connectivity index (χ3v) is 7.97. The number of rotatable bonds is 1. The maximum absolute atomic E-state index is 11.7. The van der Waals surface area contributed by atoms with Crippen molar-refractivity contribution < 1.29 is 19.1 Å². The molecular formula is C22H30O4. The number of allylic oxidation sites excluding steroid dienone is 4. The molecule has 1 saturated heterocycles. The van der Waals surface area contributed by atoms with Gasteiger partial charge in [-0.3, -0.25) is 9.59 Å². The summed E-state index contributed by atoms with van der Waals surface area (Å²) in [5.74, 6) is 3.29. The molecule has 3 aliphatic carbocycles. The summed E-state index contributed by atoms with van der Waals surface area (Å²) in [6.07, 6.45) is 9.14. The van der Waals surface area contributed by atoms with Crippen LogP contribution in [-0.2, 0) is 19.1 Å². The summed E-state index contributed by atoms with van der Waals surface area (Å²) in [6.45, 7) is 8.12. The first-order chi connectivity index (χ1) is 12.3. The third kappa shape index (κ3) is 2.48. The summed E-state index contributed by atoms with van der Waals surface area (Å²) in [4.78, 5) is 23.2. The second-order valence-electron chi connectivity index (χ2n) is 9.20. The lowest BCUT2D eigenvalue weighted by Crippen LogP contribution is -2.49. The molecular weight excluding hydrogens is 328 g/mol. The summed E-state index contributed by atoms with van der Waals surface area (Å²) < 4.78 is 11.1. The molecule has 4 rings (SSSR count). The molecule has 3 fully saturated rings. The molecule has 26 heavy (non-hydrogen) atoms. The van der Waals surface area contributed by atoms with Crippen molar-refractivity contribution in [1.29, 1.82) is 0 Å². The van der Waals surface area contributed by atoms with Gasteiger partial charge in [-0.15, -0.1) is 0 Å². The Bertz CT molecular complexity index is 718. The Kier molecular flexibility index (Phi) is 4.09. The number of carbonyl (C=O) groups is 2. The number of hydrogen-bond donors (Lipinski definition) is 0. The smallest absolute Gasteiger partial charge is 0.310 e. The Balaban J connectivity index is 1.66. The van der Waals surface area contributed by atoms with Crippen LogP contribution in [0, 0.1) is 28.6 Å². The average molecular weight is 358 g/mol. The third-order valence-electron chi connectivity index (χ3n) is 7.97. The van der Waals surface area contributed by atoms with E-state index in [9.17, 15) is 9.59 Å². The van der Waals surface area contributed by atoms with E-state index in [0.29, 0.717) is 24.2 Å². The molecule has 0 radical (unpaired) electrons. The highest BCUT2D eigenvalue weighted by molar-refractivity contribution is 5.72. The van der Waals surface area contributed by atoms with Crippen LogP contribution in [0.25, 0.3) is 0 Å². The number of hydrogen-bond acceptors (Lipinski definition) is 4. The Morgan fingerprint density at radius 1 is 1.12 bits per heavy atom. The van der Waals surface area contributed by atoms with Gasteiger partial charge in [-0.25, -0.2) is 0 Å². The molecule has 142 valence electrons. The highest BCUT2D eigenvalue weighted by atomic mass is 16.5. The Hall–Kier alpha value is -1.58. The average Bonchev–Trinajstić information content (AvgIpc) is 2.92. The van der Waals surface area contributed by atoms with Crippen LogP contribution in [0.2, 0.25) is 0 Å². The normalized spacial score (nSPS) is 43.5. The van der Waals surface area contributed by atoms with Gasteiger partial charge in [0.1, 0.15) is 11.5 Å². The number of fused-ring (bicyclic) bond motifs is 5. The predicted octanol–water partition coefficient (Wildman–Crippen LogP) is 4.90. The largest absolute Gasteiger partial charge is 0.432 e. The van der Waals surface area contributed by atoms with Gasteiger partial charge in [0.05, 0.1) is 0 Å². The Morgan fingerprint density at radius 3 is 2.58 bits per heavy atom. The lowest BCUT2D eigenvalue weighted by atomic mass is 9.50. The molecule has 0 aromatic rings. The molecule has 5 atom stereocenters. The SMILES string of the molecule is CC(=O)O/C(C)=C1\CC[C@H]2[C@@H]3CC=C4OC(=O)CC[C@]4(C)[C@H]3CC[C@]12C. The summed E-state index contributed by atoms with van der Waals surface area (Å²) in [7, 11) is 0. The van der Waals surface area contributed by atoms with Gasteiger partial charge in [-0.05, 0) is 80.3 Å². The van der Waals surface area contributed by atoms with Gasteiger partial charge in [0, 0.05) is 18.8 Å². The van der Waals surface area contributed by atoms with Crippen molar-refractivity contribution in [2.45, 2.75) is 72.6 Å². The van der Waals surface area contributed by atoms with Crippen LogP contribution in [0.5, 0.6) is 0 Å². The minimum Gasteiger partial charge on any atom is -0.432 e. The van der Waals surface area contributed by atoms with Crippen LogP contribution in [0.3, 0.4) is 0 Å². The highest BCUT2D eigenvalue weighted by Gasteiger charge is 2.58. The molecule has 0 amide bonds. The van der Waals surface area contributed by atoms with E-state index in [2.05, 4.69) is 19.9 Å². The van der Waals surface area contributed by atoms with E-state index in [4.69, 9.17) is 9.47 Å². The van der Waals surface area contributed by atoms with Crippen LogP contribution in [0.4, 0.5) is 0 Å². The fraction of sp³-hybridized carbons (Fsp3) is 0.727. The van der Waals surface area contributed by atoms with E-state index in [0.717, 1.165) is 43.6 Å². The van der Waals surface area contributed by atoms with Crippen molar-refractivity contribution in [3.63, 3.8) is 0 Å². The van der Waals surface area contributed by atoms with Gasteiger partial charge in [-0.2, -0.15) is 0 Å². The first-order valence-corrected chi connectivity index (χ1v) is 10.1. The van der Waals surface area contributed by atoms with Crippen molar-refractivity contribution in [2.75, 3.05) is 0 Å². The van der Waals surface area contributed by atoms with Crippen LogP contribution >= 0.6 is 0 Å². The Labute approximate surface area is 156 Å². The highest BCUT2D eigenvalue weighted by Crippen LogP contribution is 2.66. The second-order valence-corrected chi connectivity index (χ2v) is 9.20.